The molecule has 0 atom stereocenters. The molecule has 4 nitrogen and oxygen atoms in total. The molecule has 12 aromatic rings. The van der Waals surface area contributed by atoms with Crippen molar-refractivity contribution < 1.29 is 4.42 Å². The Kier molecular flexibility index (Phi) is 8.98. The minimum absolute atomic E-state index is 0.848. The standard InChI is InChI=1S/C58H39N3OS/c1-6-21-40(22-7-1)59(41-23-8-2-9-24-41)52-39-50-56-53(60(42-25-10-3-11-26-42)43-27-12-4-13-28-43)37-45(38-55(56)63-58(50)49-33-17-16-31-46(49)52)61(44-29-14-5-15-30-44)51-35-20-34-48-47-32-18-19-36-54(47)62-57(48)51/h1-39H. The lowest BCUT2D eigenvalue weighted by Crippen LogP contribution is -2.13. The predicted octanol–water partition coefficient (Wildman–Crippen LogP) is 17.5. The van der Waals surface area contributed by atoms with Gasteiger partial charge in [-0.05, 0) is 91.0 Å². The van der Waals surface area contributed by atoms with Gasteiger partial charge in [0, 0.05) is 75.8 Å². The number of anilines is 9. The Morgan fingerprint density at radius 1 is 0.302 bits per heavy atom. The first kappa shape index (κ1) is 36.7. The highest BCUT2D eigenvalue weighted by Gasteiger charge is 2.27. The van der Waals surface area contributed by atoms with E-state index in [-0.39, 0.29) is 0 Å². The number of furan rings is 1. The summed E-state index contributed by atoms with van der Waals surface area (Å²) < 4.78 is 9.19. The van der Waals surface area contributed by atoms with Crippen LogP contribution in [0, 0.1) is 0 Å². The highest BCUT2D eigenvalue weighted by Crippen LogP contribution is 2.53. The molecule has 0 aliphatic rings. The first-order valence-corrected chi connectivity index (χ1v) is 22.1. The number of hydrogen-bond donors (Lipinski definition) is 0. The van der Waals surface area contributed by atoms with Gasteiger partial charge in [-0.15, -0.1) is 11.3 Å². The summed E-state index contributed by atoms with van der Waals surface area (Å²) in [7, 11) is 0. The van der Waals surface area contributed by atoms with Crippen LogP contribution in [0.1, 0.15) is 0 Å². The molecule has 5 heteroatoms. The second-order valence-corrected chi connectivity index (χ2v) is 16.7. The summed E-state index contributed by atoms with van der Waals surface area (Å²) in [5.41, 5.74) is 11.3. The number of rotatable bonds is 9. The van der Waals surface area contributed by atoms with Crippen molar-refractivity contribution in [2.75, 3.05) is 14.7 Å². The van der Waals surface area contributed by atoms with E-state index in [9.17, 15) is 0 Å². The molecule has 0 radical (unpaired) electrons. The molecule has 0 aliphatic heterocycles. The maximum absolute atomic E-state index is 6.76. The SMILES string of the molecule is c1ccc(N(c2ccccc2)c2cc3c(sc4cc(N(c5ccccc5)c5cccc6c5oc5ccccc56)cc(N(c5ccccc5)c5ccccc5)c43)c3ccccc23)cc1. The van der Waals surface area contributed by atoms with Gasteiger partial charge in [-0.25, -0.2) is 0 Å². The Labute approximate surface area is 369 Å². The van der Waals surface area contributed by atoms with Gasteiger partial charge in [-0.3, -0.25) is 0 Å². The van der Waals surface area contributed by atoms with Gasteiger partial charge in [0.15, 0.2) is 5.58 Å². The lowest BCUT2D eigenvalue weighted by atomic mass is 10.00. The molecule has 12 rings (SSSR count). The summed E-state index contributed by atoms with van der Waals surface area (Å²) in [6.45, 7) is 0. The van der Waals surface area contributed by atoms with Crippen molar-refractivity contribution in [1.82, 2.24) is 0 Å². The Bertz CT molecular complexity index is 3490. The molecule has 0 bridgehead atoms. The topological polar surface area (TPSA) is 22.9 Å². The van der Waals surface area contributed by atoms with E-state index in [4.69, 9.17) is 4.42 Å². The molecule has 0 unspecified atom stereocenters. The predicted molar refractivity (Wildman–Crippen MR) is 268 cm³/mol. The Morgan fingerprint density at radius 2 is 0.746 bits per heavy atom. The number of hydrogen-bond acceptors (Lipinski definition) is 5. The molecule has 298 valence electrons. The van der Waals surface area contributed by atoms with Crippen LogP contribution in [0.2, 0.25) is 0 Å². The molecule has 0 spiro atoms. The highest BCUT2D eigenvalue weighted by atomic mass is 32.1. The van der Waals surface area contributed by atoms with Crippen molar-refractivity contribution in [2.45, 2.75) is 0 Å². The number of benzene rings is 10. The van der Waals surface area contributed by atoms with E-state index >= 15 is 0 Å². The van der Waals surface area contributed by atoms with E-state index in [2.05, 4.69) is 245 Å². The highest BCUT2D eigenvalue weighted by molar-refractivity contribution is 7.26. The van der Waals surface area contributed by atoms with E-state index < -0.39 is 0 Å². The van der Waals surface area contributed by atoms with Crippen molar-refractivity contribution in [1.29, 1.82) is 0 Å². The molecule has 2 aromatic heterocycles. The summed E-state index contributed by atoms with van der Waals surface area (Å²) in [4.78, 5) is 7.18. The third-order valence-corrected chi connectivity index (χ3v) is 13.1. The fourth-order valence-corrected chi connectivity index (χ4v) is 10.5. The van der Waals surface area contributed by atoms with Crippen LogP contribution < -0.4 is 14.7 Å². The van der Waals surface area contributed by atoms with Crippen molar-refractivity contribution in [3.05, 3.63) is 237 Å². The molecule has 0 N–H and O–H groups in total. The zero-order valence-electron chi connectivity index (χ0n) is 34.2. The third-order valence-electron chi connectivity index (χ3n) is 12.0. The van der Waals surface area contributed by atoms with Gasteiger partial charge < -0.3 is 19.1 Å². The molecule has 0 fully saturated rings. The minimum Gasteiger partial charge on any atom is -0.454 e. The smallest absolute Gasteiger partial charge is 0.159 e. The normalized spacial score (nSPS) is 11.5. The Balaban J connectivity index is 1.21. The zero-order valence-corrected chi connectivity index (χ0v) is 35.0. The van der Waals surface area contributed by atoms with Crippen molar-refractivity contribution in [3.63, 3.8) is 0 Å². The first-order chi connectivity index (χ1) is 31.3. The molecule has 2 heterocycles. The van der Waals surface area contributed by atoms with E-state index in [1.54, 1.807) is 0 Å². The van der Waals surface area contributed by atoms with Crippen LogP contribution >= 0.6 is 11.3 Å². The number of nitrogens with zero attached hydrogens (tertiary/aromatic N) is 3. The van der Waals surface area contributed by atoms with Gasteiger partial charge in [-0.2, -0.15) is 0 Å². The van der Waals surface area contributed by atoms with Crippen LogP contribution in [0.25, 0.3) is 52.9 Å². The molecule has 0 saturated carbocycles. The number of thiophene rings is 1. The van der Waals surface area contributed by atoms with Gasteiger partial charge >= 0.3 is 0 Å². The van der Waals surface area contributed by atoms with Gasteiger partial charge in [0.25, 0.3) is 0 Å². The minimum atomic E-state index is 0.848. The first-order valence-electron chi connectivity index (χ1n) is 21.3. The molecule has 63 heavy (non-hydrogen) atoms. The van der Waals surface area contributed by atoms with Gasteiger partial charge in [0.2, 0.25) is 0 Å². The van der Waals surface area contributed by atoms with E-state index in [1.165, 1.54) is 30.9 Å². The molecular weight excluding hydrogens is 787 g/mol. The van der Waals surface area contributed by atoms with E-state index in [0.29, 0.717) is 0 Å². The Hall–Kier alpha value is -8.12. The van der Waals surface area contributed by atoms with Crippen LogP contribution in [0.5, 0.6) is 0 Å². The van der Waals surface area contributed by atoms with Gasteiger partial charge in [-0.1, -0.05) is 146 Å². The van der Waals surface area contributed by atoms with Crippen molar-refractivity contribution >= 4 is 115 Å². The monoisotopic (exact) mass is 825 g/mol. The van der Waals surface area contributed by atoms with Crippen LogP contribution in [0.4, 0.5) is 51.2 Å². The quantitative estimate of drug-likeness (QED) is 0.145. The number of para-hydroxylation sites is 7. The number of fused-ring (bicyclic) bond motifs is 8. The molecular formula is C58H39N3OS. The maximum Gasteiger partial charge on any atom is 0.159 e. The van der Waals surface area contributed by atoms with Crippen molar-refractivity contribution in [3.8, 4) is 0 Å². The second kappa shape index (κ2) is 15.4. The van der Waals surface area contributed by atoms with Crippen molar-refractivity contribution in [2.24, 2.45) is 0 Å². The summed E-state index contributed by atoms with van der Waals surface area (Å²) in [6.07, 6.45) is 0. The second-order valence-electron chi connectivity index (χ2n) is 15.7. The summed E-state index contributed by atoms with van der Waals surface area (Å²) >= 11 is 1.86. The average Bonchev–Trinajstić information content (AvgIpc) is 3.93. The summed E-state index contributed by atoms with van der Waals surface area (Å²) in [5.74, 6) is 0. The summed E-state index contributed by atoms with van der Waals surface area (Å²) in [6, 6.07) is 84.5. The fourth-order valence-electron chi connectivity index (χ4n) is 9.24. The fraction of sp³-hybridized carbons (Fsp3) is 0. The average molecular weight is 826 g/mol. The maximum atomic E-state index is 6.76. The molecule has 0 amide bonds. The van der Waals surface area contributed by atoms with Crippen LogP contribution in [0.15, 0.2) is 241 Å². The molecule has 0 aliphatic carbocycles. The summed E-state index contributed by atoms with van der Waals surface area (Å²) in [5, 5.41) is 6.98. The Morgan fingerprint density at radius 3 is 1.30 bits per heavy atom. The third kappa shape index (κ3) is 6.29. The molecule has 10 aromatic carbocycles. The molecule has 0 saturated heterocycles. The zero-order chi connectivity index (χ0) is 41.7. The van der Waals surface area contributed by atoms with Crippen LogP contribution in [-0.4, -0.2) is 0 Å². The van der Waals surface area contributed by atoms with Gasteiger partial charge in [0.05, 0.1) is 17.1 Å². The van der Waals surface area contributed by atoms with Gasteiger partial charge in [0.1, 0.15) is 5.58 Å². The lowest BCUT2D eigenvalue weighted by Gasteiger charge is -2.30. The lowest BCUT2D eigenvalue weighted by molar-refractivity contribution is 0.669. The van der Waals surface area contributed by atoms with Crippen LogP contribution in [-0.2, 0) is 0 Å². The van der Waals surface area contributed by atoms with Crippen LogP contribution in [0.3, 0.4) is 0 Å². The van der Waals surface area contributed by atoms with E-state index in [1.807, 2.05) is 17.4 Å². The largest absolute Gasteiger partial charge is 0.454 e. The van der Waals surface area contributed by atoms with E-state index in [0.717, 1.165) is 73.1 Å².